The van der Waals surface area contributed by atoms with E-state index in [0.29, 0.717) is 12.3 Å². The average Bonchev–Trinajstić information content (AvgIpc) is 2.35. The predicted molar refractivity (Wildman–Crippen MR) is 66.2 cm³/mol. The zero-order valence-corrected chi connectivity index (χ0v) is 10.4. The van der Waals surface area contributed by atoms with Gasteiger partial charge in [0.05, 0.1) is 0 Å². The maximum Gasteiger partial charge on any atom is 0.129 e. The monoisotopic (exact) mass is 238 g/mol. The van der Waals surface area contributed by atoms with E-state index >= 15 is 0 Å². The van der Waals surface area contributed by atoms with Crippen LogP contribution in [0.2, 0.25) is 0 Å². The molecule has 1 fully saturated rings. The lowest BCUT2D eigenvalue weighted by molar-refractivity contribution is 0.438. The van der Waals surface area contributed by atoms with Crippen LogP contribution in [0.1, 0.15) is 62.5 Å². The SMILES string of the molecule is CCCc1c(F)cc(C2CCCCC2)cc1F. The fourth-order valence-electron chi connectivity index (χ4n) is 2.78. The molecule has 1 aromatic rings. The fraction of sp³-hybridized carbons (Fsp3) is 0.600. The molecule has 17 heavy (non-hydrogen) atoms. The Balaban J connectivity index is 2.24. The molecule has 0 bridgehead atoms. The van der Waals surface area contributed by atoms with Gasteiger partial charge in [-0.3, -0.25) is 0 Å². The molecule has 0 amide bonds. The molecule has 0 aliphatic heterocycles. The normalized spacial score (nSPS) is 17.4. The second-order valence-corrected chi connectivity index (χ2v) is 5.05. The molecule has 94 valence electrons. The number of hydrogen-bond acceptors (Lipinski definition) is 0. The second-order valence-electron chi connectivity index (χ2n) is 5.05. The first-order valence-corrected chi connectivity index (χ1v) is 6.70. The van der Waals surface area contributed by atoms with Crippen molar-refractivity contribution in [1.29, 1.82) is 0 Å². The largest absolute Gasteiger partial charge is 0.207 e. The van der Waals surface area contributed by atoms with Crippen molar-refractivity contribution in [3.05, 3.63) is 34.9 Å². The molecule has 0 nitrogen and oxygen atoms in total. The molecule has 0 aromatic heterocycles. The maximum absolute atomic E-state index is 13.8. The summed E-state index contributed by atoms with van der Waals surface area (Å²) in [6.45, 7) is 1.94. The highest BCUT2D eigenvalue weighted by molar-refractivity contribution is 5.29. The summed E-state index contributed by atoms with van der Waals surface area (Å²) in [6, 6.07) is 3.12. The topological polar surface area (TPSA) is 0 Å². The first-order valence-electron chi connectivity index (χ1n) is 6.70. The van der Waals surface area contributed by atoms with E-state index in [2.05, 4.69) is 0 Å². The van der Waals surface area contributed by atoms with Crippen molar-refractivity contribution in [2.24, 2.45) is 0 Å². The van der Waals surface area contributed by atoms with Crippen LogP contribution in [0.4, 0.5) is 8.78 Å². The van der Waals surface area contributed by atoms with Crippen LogP contribution >= 0.6 is 0 Å². The predicted octanol–water partition coefficient (Wildman–Crippen LogP) is 4.97. The van der Waals surface area contributed by atoms with E-state index in [1.54, 1.807) is 12.1 Å². The third kappa shape index (κ3) is 2.85. The number of benzene rings is 1. The fourth-order valence-corrected chi connectivity index (χ4v) is 2.78. The highest BCUT2D eigenvalue weighted by Gasteiger charge is 2.19. The lowest BCUT2D eigenvalue weighted by Crippen LogP contribution is -2.07. The Morgan fingerprint density at radius 1 is 1.06 bits per heavy atom. The summed E-state index contributed by atoms with van der Waals surface area (Å²) < 4.78 is 27.6. The van der Waals surface area contributed by atoms with E-state index in [1.165, 1.54) is 19.3 Å². The first-order chi connectivity index (χ1) is 8.22. The summed E-state index contributed by atoms with van der Waals surface area (Å²) in [6.07, 6.45) is 7.04. The summed E-state index contributed by atoms with van der Waals surface area (Å²) in [4.78, 5) is 0. The molecular weight excluding hydrogens is 218 g/mol. The van der Waals surface area contributed by atoms with Gasteiger partial charge in [-0.25, -0.2) is 8.78 Å². The molecule has 0 atom stereocenters. The third-order valence-electron chi connectivity index (χ3n) is 3.74. The Labute approximate surface area is 102 Å². The van der Waals surface area contributed by atoms with Gasteiger partial charge in [0.2, 0.25) is 0 Å². The van der Waals surface area contributed by atoms with Crippen LogP contribution in [0.25, 0.3) is 0 Å². The molecule has 2 heteroatoms. The van der Waals surface area contributed by atoms with Crippen LogP contribution in [-0.2, 0) is 6.42 Å². The van der Waals surface area contributed by atoms with Crippen molar-refractivity contribution in [2.75, 3.05) is 0 Å². The number of hydrogen-bond donors (Lipinski definition) is 0. The van der Waals surface area contributed by atoms with Gasteiger partial charge in [-0.2, -0.15) is 0 Å². The van der Waals surface area contributed by atoms with E-state index in [-0.39, 0.29) is 17.2 Å². The van der Waals surface area contributed by atoms with Gasteiger partial charge in [0, 0.05) is 5.56 Å². The van der Waals surface area contributed by atoms with Gasteiger partial charge in [-0.05, 0) is 42.9 Å². The van der Waals surface area contributed by atoms with Crippen molar-refractivity contribution < 1.29 is 8.78 Å². The molecule has 2 rings (SSSR count). The van der Waals surface area contributed by atoms with E-state index in [9.17, 15) is 8.78 Å². The average molecular weight is 238 g/mol. The van der Waals surface area contributed by atoms with Crippen LogP contribution in [-0.4, -0.2) is 0 Å². The van der Waals surface area contributed by atoms with E-state index in [4.69, 9.17) is 0 Å². The highest BCUT2D eigenvalue weighted by atomic mass is 19.1. The van der Waals surface area contributed by atoms with Gasteiger partial charge in [0.15, 0.2) is 0 Å². The summed E-state index contributed by atoms with van der Waals surface area (Å²) in [5.41, 5.74) is 1.12. The van der Waals surface area contributed by atoms with Gasteiger partial charge in [0.25, 0.3) is 0 Å². The second kappa shape index (κ2) is 5.61. The Kier molecular flexibility index (Phi) is 4.14. The summed E-state index contributed by atoms with van der Waals surface area (Å²) in [7, 11) is 0. The van der Waals surface area contributed by atoms with Crippen LogP contribution in [0.3, 0.4) is 0 Å². The lowest BCUT2D eigenvalue weighted by Gasteiger charge is -2.22. The maximum atomic E-state index is 13.8. The molecule has 1 aliphatic rings. The van der Waals surface area contributed by atoms with Crippen LogP contribution < -0.4 is 0 Å². The van der Waals surface area contributed by atoms with Crippen LogP contribution in [0.5, 0.6) is 0 Å². The van der Waals surface area contributed by atoms with Crippen molar-refractivity contribution in [3.63, 3.8) is 0 Å². The molecule has 1 saturated carbocycles. The molecule has 0 unspecified atom stereocenters. The van der Waals surface area contributed by atoms with Crippen molar-refractivity contribution >= 4 is 0 Å². The molecule has 1 aliphatic carbocycles. The standard InChI is InChI=1S/C15H20F2/c1-2-6-13-14(16)9-12(10-15(13)17)11-7-4-3-5-8-11/h9-11H,2-8H2,1H3. The van der Waals surface area contributed by atoms with Crippen LogP contribution in [0, 0.1) is 11.6 Å². The van der Waals surface area contributed by atoms with Gasteiger partial charge in [0.1, 0.15) is 11.6 Å². The smallest absolute Gasteiger partial charge is 0.129 e. The number of halogens is 2. The van der Waals surface area contributed by atoms with Crippen LogP contribution in [0.15, 0.2) is 12.1 Å². The minimum Gasteiger partial charge on any atom is -0.207 e. The molecule has 0 saturated heterocycles. The van der Waals surface area contributed by atoms with Crippen molar-refractivity contribution in [2.45, 2.75) is 57.8 Å². The minimum absolute atomic E-state index is 0.257. The van der Waals surface area contributed by atoms with Gasteiger partial charge in [-0.15, -0.1) is 0 Å². The van der Waals surface area contributed by atoms with Crippen molar-refractivity contribution in [3.8, 4) is 0 Å². The summed E-state index contributed by atoms with van der Waals surface area (Å²) >= 11 is 0. The molecule has 0 radical (unpaired) electrons. The highest BCUT2D eigenvalue weighted by Crippen LogP contribution is 2.34. The molecule has 1 aromatic carbocycles. The summed E-state index contributed by atoms with van der Waals surface area (Å²) in [5, 5.41) is 0. The number of rotatable bonds is 3. The minimum atomic E-state index is -0.354. The van der Waals surface area contributed by atoms with Gasteiger partial charge in [-0.1, -0.05) is 32.6 Å². The van der Waals surface area contributed by atoms with E-state index in [1.807, 2.05) is 6.92 Å². The Bertz CT molecular complexity index is 356. The van der Waals surface area contributed by atoms with Gasteiger partial charge >= 0.3 is 0 Å². The van der Waals surface area contributed by atoms with E-state index in [0.717, 1.165) is 24.8 Å². The first kappa shape index (κ1) is 12.5. The Hall–Kier alpha value is -0.920. The Morgan fingerprint density at radius 3 is 2.18 bits per heavy atom. The molecule has 0 spiro atoms. The zero-order valence-electron chi connectivity index (χ0n) is 10.4. The molecule has 0 heterocycles. The van der Waals surface area contributed by atoms with Crippen molar-refractivity contribution in [1.82, 2.24) is 0 Å². The zero-order chi connectivity index (χ0) is 12.3. The Morgan fingerprint density at radius 2 is 1.65 bits per heavy atom. The van der Waals surface area contributed by atoms with Gasteiger partial charge < -0.3 is 0 Å². The quantitative estimate of drug-likeness (QED) is 0.697. The molecular formula is C15H20F2. The van der Waals surface area contributed by atoms with E-state index < -0.39 is 0 Å². The lowest BCUT2D eigenvalue weighted by atomic mass is 9.83. The third-order valence-corrected chi connectivity index (χ3v) is 3.74. The summed E-state index contributed by atoms with van der Waals surface area (Å²) in [5.74, 6) is -0.344. The molecule has 0 N–H and O–H groups in total.